The lowest BCUT2D eigenvalue weighted by Gasteiger charge is -2.36. The molecule has 2 heterocycles. The third-order valence-electron chi connectivity index (χ3n) is 4.22. The summed E-state index contributed by atoms with van der Waals surface area (Å²) in [5.74, 6) is 0. The minimum Gasteiger partial charge on any atom is -0.340 e. The molecule has 4 nitrogen and oxygen atoms in total. The van der Waals surface area contributed by atoms with Crippen LogP contribution in [0.1, 0.15) is 36.7 Å². The molecule has 0 aliphatic carbocycles. The summed E-state index contributed by atoms with van der Waals surface area (Å²) < 4.78 is 1.99. The van der Waals surface area contributed by atoms with Crippen LogP contribution < -0.4 is 5.32 Å². The molecule has 2 rings (SSSR count). The Morgan fingerprint density at radius 2 is 2.25 bits per heavy atom. The maximum atomic E-state index is 9.10. The smallest absolute Gasteiger partial charge is 0.120 e. The van der Waals surface area contributed by atoms with Gasteiger partial charge in [-0.05, 0) is 25.0 Å². The Kier molecular flexibility index (Phi) is 6.54. The van der Waals surface area contributed by atoms with Crippen molar-refractivity contribution in [1.82, 2.24) is 14.8 Å². The fraction of sp³-hybridized carbons (Fsp3) is 0.667. The van der Waals surface area contributed by atoms with E-state index in [1.807, 2.05) is 17.7 Å². The molecule has 1 aliphatic rings. The molecule has 1 atom stereocenters. The maximum absolute atomic E-state index is 9.10. The first kappa shape index (κ1) is 17.0. The van der Waals surface area contributed by atoms with E-state index in [0.717, 1.165) is 31.9 Å². The van der Waals surface area contributed by atoms with E-state index in [0.29, 0.717) is 6.04 Å². The lowest BCUT2D eigenvalue weighted by Crippen LogP contribution is -2.50. The molecule has 112 valence electrons. The minimum absolute atomic E-state index is 0. The van der Waals surface area contributed by atoms with E-state index in [-0.39, 0.29) is 12.4 Å². The van der Waals surface area contributed by atoms with Crippen molar-refractivity contribution in [2.24, 2.45) is 7.05 Å². The maximum Gasteiger partial charge on any atom is 0.120 e. The van der Waals surface area contributed by atoms with E-state index in [9.17, 15) is 0 Å². The number of rotatable bonds is 4. The second-order valence-electron chi connectivity index (χ2n) is 5.43. The second kappa shape index (κ2) is 7.68. The van der Waals surface area contributed by atoms with Gasteiger partial charge in [-0.25, -0.2) is 0 Å². The van der Waals surface area contributed by atoms with Crippen LogP contribution in [0.25, 0.3) is 0 Å². The van der Waals surface area contributed by atoms with Gasteiger partial charge < -0.3 is 9.88 Å². The van der Waals surface area contributed by atoms with Gasteiger partial charge in [0.05, 0.1) is 0 Å². The Morgan fingerprint density at radius 1 is 1.50 bits per heavy atom. The van der Waals surface area contributed by atoms with Crippen LogP contribution in [0.5, 0.6) is 0 Å². The standard InChI is InChI=1S/C15H24N4.ClH/c1-4-5-14-10-17-6-7-19(14)11-13-8-15(9-16)18(3)12(13)2;/h8,14,17H,4-7,10-11H2,1-3H3;1H. The van der Waals surface area contributed by atoms with E-state index >= 15 is 0 Å². The predicted molar refractivity (Wildman–Crippen MR) is 84.1 cm³/mol. The Morgan fingerprint density at radius 3 is 2.85 bits per heavy atom. The zero-order valence-corrected chi connectivity index (χ0v) is 13.5. The van der Waals surface area contributed by atoms with E-state index in [2.05, 4.69) is 30.1 Å². The summed E-state index contributed by atoms with van der Waals surface area (Å²) in [5, 5.41) is 12.6. The summed E-state index contributed by atoms with van der Waals surface area (Å²) in [6, 6.07) is 4.93. The average molecular weight is 297 g/mol. The molecule has 1 fully saturated rings. The normalized spacial score (nSPS) is 19.4. The molecule has 0 aromatic carbocycles. The number of nitriles is 1. The highest BCUT2D eigenvalue weighted by molar-refractivity contribution is 5.85. The average Bonchev–Trinajstić information content (AvgIpc) is 2.69. The van der Waals surface area contributed by atoms with E-state index in [1.54, 1.807) is 0 Å². The predicted octanol–water partition coefficient (Wildman–Crippen LogP) is 2.20. The molecule has 0 amide bonds. The van der Waals surface area contributed by atoms with Crippen molar-refractivity contribution in [2.75, 3.05) is 19.6 Å². The molecule has 0 saturated carbocycles. The number of nitrogens with one attached hydrogen (secondary N) is 1. The monoisotopic (exact) mass is 296 g/mol. The number of hydrogen-bond donors (Lipinski definition) is 1. The zero-order chi connectivity index (χ0) is 13.8. The van der Waals surface area contributed by atoms with Crippen molar-refractivity contribution < 1.29 is 0 Å². The summed E-state index contributed by atoms with van der Waals surface area (Å²) in [6.45, 7) is 8.57. The van der Waals surface area contributed by atoms with Gasteiger partial charge in [0.15, 0.2) is 0 Å². The van der Waals surface area contributed by atoms with E-state index in [1.165, 1.54) is 24.1 Å². The van der Waals surface area contributed by atoms with Crippen molar-refractivity contribution in [3.63, 3.8) is 0 Å². The van der Waals surface area contributed by atoms with E-state index < -0.39 is 0 Å². The SMILES string of the molecule is CCCC1CNCCN1Cc1cc(C#N)n(C)c1C.Cl. The first-order valence-electron chi connectivity index (χ1n) is 7.17. The molecule has 0 bridgehead atoms. The highest BCUT2D eigenvalue weighted by Crippen LogP contribution is 2.19. The number of hydrogen-bond acceptors (Lipinski definition) is 3. The summed E-state index contributed by atoms with van der Waals surface area (Å²) in [6.07, 6.45) is 2.46. The molecular weight excluding hydrogens is 272 g/mol. The number of halogens is 1. The van der Waals surface area contributed by atoms with Crippen molar-refractivity contribution in [2.45, 2.75) is 39.3 Å². The third-order valence-corrected chi connectivity index (χ3v) is 4.22. The van der Waals surface area contributed by atoms with Crippen LogP contribution in [0.15, 0.2) is 6.07 Å². The molecule has 1 N–H and O–H groups in total. The molecule has 1 unspecified atom stereocenters. The number of piperazine rings is 1. The fourth-order valence-corrected chi connectivity index (χ4v) is 2.88. The molecule has 1 aromatic rings. The van der Waals surface area contributed by atoms with Gasteiger partial charge in [-0.3, -0.25) is 4.90 Å². The van der Waals surface area contributed by atoms with Crippen LogP contribution in [0, 0.1) is 18.3 Å². The van der Waals surface area contributed by atoms with Gasteiger partial charge in [-0.15, -0.1) is 12.4 Å². The molecule has 5 heteroatoms. The van der Waals surface area contributed by atoms with Crippen LogP contribution >= 0.6 is 12.4 Å². The zero-order valence-electron chi connectivity index (χ0n) is 12.6. The minimum atomic E-state index is 0. The number of aromatic nitrogens is 1. The van der Waals surface area contributed by atoms with Gasteiger partial charge in [0.25, 0.3) is 0 Å². The Bertz CT molecular complexity index is 473. The highest BCUT2D eigenvalue weighted by Gasteiger charge is 2.22. The largest absolute Gasteiger partial charge is 0.340 e. The van der Waals surface area contributed by atoms with Gasteiger partial charge >= 0.3 is 0 Å². The van der Waals surface area contributed by atoms with Crippen LogP contribution in [0.2, 0.25) is 0 Å². The second-order valence-corrected chi connectivity index (χ2v) is 5.43. The molecule has 1 saturated heterocycles. The molecule has 0 spiro atoms. The van der Waals surface area contributed by atoms with Crippen molar-refractivity contribution in [3.8, 4) is 6.07 Å². The van der Waals surface area contributed by atoms with Crippen LogP contribution in [-0.2, 0) is 13.6 Å². The number of nitrogens with zero attached hydrogens (tertiary/aromatic N) is 3. The molecular formula is C15H25ClN4. The van der Waals surface area contributed by atoms with Crippen molar-refractivity contribution >= 4 is 12.4 Å². The first-order chi connectivity index (χ1) is 9.17. The van der Waals surface area contributed by atoms with Gasteiger partial charge in [0, 0.05) is 45.0 Å². The fourth-order valence-electron chi connectivity index (χ4n) is 2.88. The summed E-state index contributed by atoms with van der Waals surface area (Å²) in [5.41, 5.74) is 3.27. The topological polar surface area (TPSA) is 44.0 Å². The van der Waals surface area contributed by atoms with Gasteiger partial charge in [0.2, 0.25) is 0 Å². The Balaban J connectivity index is 0.00000200. The van der Waals surface area contributed by atoms with Crippen molar-refractivity contribution in [1.29, 1.82) is 5.26 Å². The summed E-state index contributed by atoms with van der Waals surface area (Å²) >= 11 is 0. The quantitative estimate of drug-likeness (QED) is 0.926. The lowest BCUT2D eigenvalue weighted by atomic mass is 10.1. The van der Waals surface area contributed by atoms with Crippen LogP contribution in [0.3, 0.4) is 0 Å². The molecule has 20 heavy (non-hydrogen) atoms. The molecule has 0 radical (unpaired) electrons. The van der Waals surface area contributed by atoms with Gasteiger partial charge in [-0.1, -0.05) is 13.3 Å². The third kappa shape index (κ3) is 3.54. The van der Waals surface area contributed by atoms with Gasteiger partial charge in [0.1, 0.15) is 11.8 Å². The lowest BCUT2D eigenvalue weighted by molar-refractivity contribution is 0.144. The van der Waals surface area contributed by atoms with Crippen LogP contribution in [0.4, 0.5) is 0 Å². The van der Waals surface area contributed by atoms with E-state index in [4.69, 9.17) is 5.26 Å². The van der Waals surface area contributed by atoms with Gasteiger partial charge in [-0.2, -0.15) is 5.26 Å². The highest BCUT2D eigenvalue weighted by atomic mass is 35.5. The summed E-state index contributed by atoms with van der Waals surface area (Å²) in [7, 11) is 1.97. The molecule has 1 aromatic heterocycles. The Hall–Kier alpha value is -1.02. The van der Waals surface area contributed by atoms with Crippen molar-refractivity contribution in [3.05, 3.63) is 23.0 Å². The van der Waals surface area contributed by atoms with Crippen LogP contribution in [-0.4, -0.2) is 35.1 Å². The Labute approximate surface area is 128 Å². The molecule has 1 aliphatic heterocycles. The summed E-state index contributed by atoms with van der Waals surface area (Å²) in [4.78, 5) is 2.56. The first-order valence-corrected chi connectivity index (χ1v) is 7.17.